The van der Waals surface area contributed by atoms with E-state index in [-0.39, 0.29) is 12.4 Å². The molecule has 0 atom stereocenters. The van der Waals surface area contributed by atoms with Crippen molar-refractivity contribution in [3.63, 3.8) is 0 Å². The van der Waals surface area contributed by atoms with Crippen molar-refractivity contribution in [1.29, 1.82) is 0 Å². The first-order valence-electron chi connectivity index (χ1n) is 6.56. The summed E-state index contributed by atoms with van der Waals surface area (Å²) in [6, 6.07) is 13.8. The topological polar surface area (TPSA) is 21.3 Å². The maximum atomic E-state index is 6.17. The average Bonchev–Trinajstić information content (AvgIpc) is 2.43. The van der Waals surface area contributed by atoms with Crippen LogP contribution in [0.3, 0.4) is 0 Å². The molecule has 2 aromatic carbocycles. The van der Waals surface area contributed by atoms with Crippen LogP contribution in [-0.4, -0.2) is 6.61 Å². The highest BCUT2D eigenvalue weighted by Crippen LogP contribution is 2.32. The molecule has 5 heteroatoms. The van der Waals surface area contributed by atoms with Crippen LogP contribution in [0, 0.1) is 0 Å². The Kier molecular flexibility index (Phi) is 7.91. The molecule has 0 heterocycles. The Hall–Kier alpha value is -0.930. The zero-order valence-electron chi connectivity index (χ0n) is 11.7. The largest absolute Gasteiger partial charge is 0.492 e. The normalized spacial score (nSPS) is 10.0. The van der Waals surface area contributed by atoms with E-state index >= 15 is 0 Å². The summed E-state index contributed by atoms with van der Waals surface area (Å²) < 4.78 is 5.59. The van der Waals surface area contributed by atoms with Gasteiger partial charge in [-0.25, -0.2) is 0 Å². The lowest BCUT2D eigenvalue weighted by molar-refractivity contribution is 0.335. The van der Waals surface area contributed by atoms with Crippen molar-refractivity contribution in [1.82, 2.24) is 5.32 Å². The Morgan fingerprint density at radius 1 is 1.05 bits per heavy atom. The Bertz CT molecular complexity index is 561. The fourth-order valence-corrected chi connectivity index (χ4v) is 2.58. The van der Waals surface area contributed by atoms with Crippen LogP contribution in [0.5, 0.6) is 5.75 Å². The second-order valence-corrected chi connectivity index (χ2v) is 5.24. The monoisotopic (exact) mass is 345 g/mol. The van der Waals surface area contributed by atoms with E-state index in [9.17, 15) is 0 Å². The van der Waals surface area contributed by atoms with Crippen molar-refractivity contribution >= 4 is 35.6 Å². The van der Waals surface area contributed by atoms with Gasteiger partial charge in [0.2, 0.25) is 0 Å². The molecule has 0 bridgehead atoms. The molecule has 1 N–H and O–H groups in total. The Morgan fingerprint density at radius 3 is 2.43 bits per heavy atom. The Labute approximate surface area is 141 Å². The van der Waals surface area contributed by atoms with Crippen molar-refractivity contribution in [3.8, 4) is 5.75 Å². The minimum atomic E-state index is 0. The smallest absolute Gasteiger partial charge is 0.142 e. The summed E-state index contributed by atoms with van der Waals surface area (Å²) in [4.78, 5) is 0. The van der Waals surface area contributed by atoms with Gasteiger partial charge in [-0.15, -0.1) is 12.4 Å². The Balaban J connectivity index is 0.00000220. The summed E-state index contributed by atoms with van der Waals surface area (Å²) in [6.45, 7) is 3.96. The van der Waals surface area contributed by atoms with E-state index < -0.39 is 0 Å². The molecule has 0 fully saturated rings. The molecule has 114 valence electrons. The van der Waals surface area contributed by atoms with Gasteiger partial charge in [0.1, 0.15) is 5.75 Å². The first-order chi connectivity index (χ1) is 9.70. The van der Waals surface area contributed by atoms with Crippen molar-refractivity contribution in [2.24, 2.45) is 0 Å². The van der Waals surface area contributed by atoms with Gasteiger partial charge >= 0.3 is 0 Å². The second-order valence-electron chi connectivity index (χ2n) is 4.40. The molecule has 0 spiro atoms. The molecule has 2 rings (SSSR count). The van der Waals surface area contributed by atoms with E-state index in [0.29, 0.717) is 28.9 Å². The summed E-state index contributed by atoms with van der Waals surface area (Å²) in [5, 5.41) is 4.55. The van der Waals surface area contributed by atoms with Crippen LogP contribution in [-0.2, 0) is 13.1 Å². The third kappa shape index (κ3) is 5.40. The lowest BCUT2D eigenvalue weighted by Gasteiger charge is -2.13. The summed E-state index contributed by atoms with van der Waals surface area (Å²) in [5.74, 6) is 0.708. The van der Waals surface area contributed by atoms with Crippen molar-refractivity contribution in [3.05, 3.63) is 63.6 Å². The van der Waals surface area contributed by atoms with Crippen LogP contribution in [0.15, 0.2) is 42.5 Å². The summed E-state index contributed by atoms with van der Waals surface area (Å²) in [7, 11) is 0. The number of nitrogens with one attached hydrogen (secondary N) is 1. The molecular formula is C16H18Cl3NO. The lowest BCUT2D eigenvalue weighted by Crippen LogP contribution is -2.13. The van der Waals surface area contributed by atoms with Crippen molar-refractivity contribution in [2.75, 3.05) is 6.61 Å². The SMILES string of the molecule is CCOc1c(Cl)cc(Cl)cc1CNCc1ccccc1.Cl. The number of hydrogen-bond acceptors (Lipinski definition) is 2. The summed E-state index contributed by atoms with van der Waals surface area (Å²) in [5.41, 5.74) is 2.21. The van der Waals surface area contributed by atoms with Crippen LogP contribution < -0.4 is 10.1 Å². The number of rotatable bonds is 6. The number of hydrogen-bond donors (Lipinski definition) is 1. The van der Waals surface area contributed by atoms with Crippen molar-refractivity contribution in [2.45, 2.75) is 20.0 Å². The Morgan fingerprint density at radius 2 is 1.76 bits per heavy atom. The minimum absolute atomic E-state index is 0. The highest BCUT2D eigenvalue weighted by atomic mass is 35.5. The highest BCUT2D eigenvalue weighted by Gasteiger charge is 2.10. The molecule has 0 radical (unpaired) electrons. The van der Waals surface area contributed by atoms with E-state index in [1.54, 1.807) is 6.07 Å². The summed E-state index contributed by atoms with van der Waals surface area (Å²) in [6.07, 6.45) is 0. The van der Waals surface area contributed by atoms with Crippen LogP contribution >= 0.6 is 35.6 Å². The molecule has 0 unspecified atom stereocenters. The molecule has 0 aliphatic rings. The van der Waals surface area contributed by atoms with Gasteiger partial charge in [-0.3, -0.25) is 0 Å². The van der Waals surface area contributed by atoms with Crippen molar-refractivity contribution < 1.29 is 4.74 Å². The first kappa shape index (κ1) is 18.1. The van der Waals surface area contributed by atoms with Gasteiger partial charge in [0.25, 0.3) is 0 Å². The molecule has 0 aromatic heterocycles. The maximum Gasteiger partial charge on any atom is 0.142 e. The van der Waals surface area contributed by atoms with Gasteiger partial charge in [-0.1, -0.05) is 53.5 Å². The van der Waals surface area contributed by atoms with Gasteiger partial charge in [-0.05, 0) is 24.6 Å². The molecule has 0 amide bonds. The predicted molar refractivity (Wildman–Crippen MR) is 91.9 cm³/mol. The van der Waals surface area contributed by atoms with E-state index in [1.165, 1.54) is 5.56 Å². The fraction of sp³-hybridized carbons (Fsp3) is 0.250. The standard InChI is InChI=1S/C16H17Cl2NO.ClH/c1-2-20-16-13(8-14(17)9-15(16)18)11-19-10-12-6-4-3-5-7-12;/h3-9,19H,2,10-11H2,1H3;1H. The van der Waals surface area contributed by atoms with Gasteiger partial charge in [0, 0.05) is 23.7 Å². The second kappa shape index (κ2) is 9.16. The molecule has 0 aliphatic carbocycles. The van der Waals surface area contributed by atoms with E-state index in [2.05, 4.69) is 17.4 Å². The van der Waals surface area contributed by atoms with Crippen LogP contribution in [0.1, 0.15) is 18.1 Å². The first-order valence-corrected chi connectivity index (χ1v) is 7.31. The molecule has 2 nitrogen and oxygen atoms in total. The van der Waals surface area contributed by atoms with Gasteiger partial charge in [0.15, 0.2) is 0 Å². The highest BCUT2D eigenvalue weighted by molar-refractivity contribution is 6.35. The molecule has 0 saturated heterocycles. The minimum Gasteiger partial charge on any atom is -0.492 e. The van der Waals surface area contributed by atoms with Crippen LogP contribution in [0.4, 0.5) is 0 Å². The molecule has 0 aliphatic heterocycles. The molecule has 0 saturated carbocycles. The van der Waals surface area contributed by atoms with Gasteiger partial charge in [0.05, 0.1) is 11.6 Å². The fourth-order valence-electron chi connectivity index (χ4n) is 1.99. The predicted octanol–water partition coefficient (Wildman–Crippen LogP) is 5.10. The summed E-state index contributed by atoms with van der Waals surface area (Å²) >= 11 is 12.2. The average molecular weight is 347 g/mol. The molecule has 21 heavy (non-hydrogen) atoms. The quantitative estimate of drug-likeness (QED) is 0.785. The number of halogens is 3. The van der Waals surface area contributed by atoms with E-state index in [1.807, 2.05) is 31.2 Å². The molecule has 2 aromatic rings. The third-order valence-electron chi connectivity index (χ3n) is 2.86. The molecular weight excluding hydrogens is 329 g/mol. The van der Waals surface area contributed by atoms with Gasteiger partial charge < -0.3 is 10.1 Å². The van der Waals surface area contributed by atoms with Gasteiger partial charge in [-0.2, -0.15) is 0 Å². The zero-order chi connectivity index (χ0) is 14.4. The van der Waals surface area contributed by atoms with Crippen LogP contribution in [0.25, 0.3) is 0 Å². The third-order valence-corrected chi connectivity index (χ3v) is 3.36. The zero-order valence-corrected chi connectivity index (χ0v) is 14.1. The maximum absolute atomic E-state index is 6.17. The van der Waals surface area contributed by atoms with E-state index in [0.717, 1.165) is 12.1 Å². The number of ether oxygens (including phenoxy) is 1. The van der Waals surface area contributed by atoms with Crippen LogP contribution in [0.2, 0.25) is 10.0 Å². The van der Waals surface area contributed by atoms with E-state index in [4.69, 9.17) is 27.9 Å². The lowest BCUT2D eigenvalue weighted by atomic mass is 10.2. The number of benzene rings is 2.